The molecule has 0 aliphatic rings. The summed E-state index contributed by atoms with van der Waals surface area (Å²) in [4.78, 5) is 24.2. The number of nitrogens with one attached hydrogen (secondary N) is 1. The fourth-order valence-corrected chi connectivity index (χ4v) is 2.68. The van der Waals surface area contributed by atoms with Crippen LogP contribution < -0.4 is 10.9 Å². The SMILES string of the molecule is COCCn1nc(C(=O)NC(C)c2ccc(CC(C)C)cc2)ccc1=O. The van der Waals surface area contributed by atoms with E-state index in [4.69, 9.17) is 4.74 Å². The van der Waals surface area contributed by atoms with Crippen molar-refractivity contribution in [3.05, 3.63) is 63.6 Å². The number of hydrogen-bond acceptors (Lipinski definition) is 4. The summed E-state index contributed by atoms with van der Waals surface area (Å²) in [6.07, 6.45) is 1.04. The number of methoxy groups -OCH3 is 1. The summed E-state index contributed by atoms with van der Waals surface area (Å²) >= 11 is 0. The van der Waals surface area contributed by atoms with Gasteiger partial charge >= 0.3 is 0 Å². The Morgan fingerprint density at radius 2 is 1.85 bits per heavy atom. The summed E-state index contributed by atoms with van der Waals surface area (Å²) in [7, 11) is 1.55. The number of amides is 1. The maximum Gasteiger partial charge on any atom is 0.272 e. The van der Waals surface area contributed by atoms with Crippen LogP contribution in [0.2, 0.25) is 0 Å². The van der Waals surface area contributed by atoms with Crippen molar-refractivity contribution >= 4 is 5.91 Å². The molecule has 0 fully saturated rings. The Kier molecular flexibility index (Phi) is 7.09. The number of benzene rings is 1. The molecule has 1 heterocycles. The smallest absolute Gasteiger partial charge is 0.272 e. The molecule has 2 rings (SSSR count). The molecule has 6 nitrogen and oxygen atoms in total. The van der Waals surface area contributed by atoms with Crippen LogP contribution >= 0.6 is 0 Å². The third-order valence-electron chi connectivity index (χ3n) is 4.08. The first-order valence-electron chi connectivity index (χ1n) is 8.87. The number of rotatable bonds is 8. The van der Waals surface area contributed by atoms with E-state index in [0.29, 0.717) is 19.1 Å². The van der Waals surface area contributed by atoms with Gasteiger partial charge in [0.15, 0.2) is 0 Å². The van der Waals surface area contributed by atoms with Crippen molar-refractivity contribution in [2.45, 2.75) is 39.8 Å². The first-order valence-corrected chi connectivity index (χ1v) is 8.87. The zero-order valence-electron chi connectivity index (χ0n) is 15.9. The van der Waals surface area contributed by atoms with Crippen molar-refractivity contribution < 1.29 is 9.53 Å². The molecule has 6 heteroatoms. The Balaban J connectivity index is 2.05. The van der Waals surface area contributed by atoms with Gasteiger partial charge in [-0.1, -0.05) is 38.1 Å². The molecule has 140 valence electrons. The minimum absolute atomic E-state index is 0.156. The van der Waals surface area contributed by atoms with Crippen LogP contribution in [-0.4, -0.2) is 29.4 Å². The molecule has 1 amide bonds. The van der Waals surface area contributed by atoms with E-state index in [2.05, 4.69) is 36.4 Å². The average Bonchev–Trinajstić information content (AvgIpc) is 2.61. The molecule has 1 N–H and O–H groups in total. The van der Waals surface area contributed by atoms with Gasteiger partial charge < -0.3 is 10.1 Å². The first kappa shape index (κ1) is 19.8. The lowest BCUT2D eigenvalue weighted by molar-refractivity contribution is 0.0931. The molecular weight excluding hydrogens is 330 g/mol. The van der Waals surface area contributed by atoms with Gasteiger partial charge in [0.05, 0.1) is 19.2 Å². The zero-order valence-corrected chi connectivity index (χ0v) is 15.9. The Labute approximate surface area is 154 Å². The summed E-state index contributed by atoms with van der Waals surface area (Å²) < 4.78 is 6.20. The first-order chi connectivity index (χ1) is 12.4. The highest BCUT2D eigenvalue weighted by atomic mass is 16.5. The molecule has 26 heavy (non-hydrogen) atoms. The predicted molar refractivity (Wildman–Crippen MR) is 101 cm³/mol. The van der Waals surface area contributed by atoms with Gasteiger partial charge in [-0.15, -0.1) is 0 Å². The standard InChI is InChI=1S/C20H27N3O3/c1-14(2)13-16-5-7-17(8-6-16)15(3)21-20(25)18-9-10-19(24)23(22-18)11-12-26-4/h5-10,14-15H,11-13H2,1-4H3,(H,21,25). The van der Waals surface area contributed by atoms with Crippen molar-refractivity contribution in [1.29, 1.82) is 0 Å². The molecule has 0 spiro atoms. The monoisotopic (exact) mass is 357 g/mol. The van der Waals surface area contributed by atoms with Crippen LogP contribution in [0.5, 0.6) is 0 Å². The Morgan fingerprint density at radius 1 is 1.15 bits per heavy atom. The van der Waals surface area contributed by atoms with Crippen LogP contribution in [0, 0.1) is 5.92 Å². The molecular formula is C20H27N3O3. The highest BCUT2D eigenvalue weighted by Gasteiger charge is 2.14. The zero-order chi connectivity index (χ0) is 19.1. The van der Waals surface area contributed by atoms with Crippen molar-refractivity contribution in [2.75, 3.05) is 13.7 Å². The molecule has 0 aliphatic heterocycles. The Bertz CT molecular complexity index is 782. The minimum Gasteiger partial charge on any atom is -0.383 e. The summed E-state index contributed by atoms with van der Waals surface area (Å²) in [5.41, 5.74) is 2.27. The molecule has 0 bridgehead atoms. The van der Waals surface area contributed by atoms with Crippen LogP contribution in [0.15, 0.2) is 41.2 Å². The van der Waals surface area contributed by atoms with E-state index >= 15 is 0 Å². The molecule has 2 aromatic rings. The van der Waals surface area contributed by atoms with Crippen LogP contribution in [0.25, 0.3) is 0 Å². The highest BCUT2D eigenvalue weighted by molar-refractivity contribution is 5.92. The van der Waals surface area contributed by atoms with E-state index in [-0.39, 0.29) is 23.2 Å². The molecule has 1 unspecified atom stereocenters. The largest absolute Gasteiger partial charge is 0.383 e. The van der Waals surface area contributed by atoms with Crippen molar-refractivity contribution in [2.24, 2.45) is 5.92 Å². The lowest BCUT2D eigenvalue weighted by atomic mass is 10.00. The number of carbonyl (C=O) groups excluding carboxylic acids is 1. The summed E-state index contributed by atoms with van der Waals surface area (Å²) in [6.45, 7) is 6.97. The number of nitrogens with zero attached hydrogens (tertiary/aromatic N) is 2. The summed E-state index contributed by atoms with van der Waals surface area (Å²) in [5, 5.41) is 7.04. The third-order valence-corrected chi connectivity index (χ3v) is 4.08. The molecule has 1 atom stereocenters. The highest BCUT2D eigenvalue weighted by Crippen LogP contribution is 2.16. The van der Waals surface area contributed by atoms with Crippen LogP contribution in [0.4, 0.5) is 0 Å². The quantitative estimate of drug-likeness (QED) is 0.788. The predicted octanol–water partition coefficient (Wildman–Crippen LogP) is 2.58. The van der Waals surface area contributed by atoms with Gasteiger partial charge in [0.2, 0.25) is 0 Å². The van der Waals surface area contributed by atoms with E-state index in [1.54, 1.807) is 7.11 Å². The average molecular weight is 357 g/mol. The molecule has 1 aromatic heterocycles. The minimum atomic E-state index is -0.310. The molecule has 0 saturated carbocycles. The Hall–Kier alpha value is -2.47. The normalized spacial score (nSPS) is 12.2. The Morgan fingerprint density at radius 3 is 2.46 bits per heavy atom. The third kappa shape index (κ3) is 5.52. The van der Waals surface area contributed by atoms with E-state index in [1.807, 2.05) is 19.1 Å². The van der Waals surface area contributed by atoms with Gasteiger partial charge in [0.1, 0.15) is 5.69 Å². The van der Waals surface area contributed by atoms with E-state index in [0.717, 1.165) is 12.0 Å². The van der Waals surface area contributed by atoms with E-state index in [1.165, 1.54) is 22.4 Å². The van der Waals surface area contributed by atoms with Crippen LogP contribution in [0.3, 0.4) is 0 Å². The van der Waals surface area contributed by atoms with E-state index < -0.39 is 0 Å². The number of carbonyl (C=O) groups is 1. The number of hydrogen-bond donors (Lipinski definition) is 1. The van der Waals surface area contributed by atoms with Gasteiger partial charge in [0.25, 0.3) is 11.5 Å². The van der Waals surface area contributed by atoms with Crippen LogP contribution in [-0.2, 0) is 17.7 Å². The maximum atomic E-state index is 12.5. The van der Waals surface area contributed by atoms with Crippen molar-refractivity contribution in [3.63, 3.8) is 0 Å². The van der Waals surface area contributed by atoms with E-state index in [9.17, 15) is 9.59 Å². The lowest BCUT2D eigenvalue weighted by Crippen LogP contribution is -2.31. The second kappa shape index (κ2) is 9.29. The fraction of sp³-hybridized carbons (Fsp3) is 0.450. The van der Waals surface area contributed by atoms with Crippen molar-refractivity contribution in [1.82, 2.24) is 15.1 Å². The van der Waals surface area contributed by atoms with Gasteiger partial charge in [-0.25, -0.2) is 4.68 Å². The van der Waals surface area contributed by atoms with Gasteiger partial charge in [-0.2, -0.15) is 5.10 Å². The number of aromatic nitrogens is 2. The maximum absolute atomic E-state index is 12.5. The summed E-state index contributed by atoms with van der Waals surface area (Å²) in [5.74, 6) is 0.299. The lowest BCUT2D eigenvalue weighted by Gasteiger charge is -2.15. The summed E-state index contributed by atoms with van der Waals surface area (Å²) in [6, 6.07) is 10.9. The molecule has 1 aromatic carbocycles. The molecule has 0 aliphatic carbocycles. The molecule has 0 radical (unpaired) electrons. The van der Waals surface area contributed by atoms with Gasteiger partial charge in [0, 0.05) is 13.2 Å². The van der Waals surface area contributed by atoms with Gasteiger partial charge in [-0.3, -0.25) is 9.59 Å². The number of ether oxygens (including phenoxy) is 1. The van der Waals surface area contributed by atoms with Crippen LogP contribution in [0.1, 0.15) is 48.4 Å². The fourth-order valence-electron chi connectivity index (χ4n) is 2.68. The second-order valence-electron chi connectivity index (χ2n) is 6.81. The second-order valence-corrected chi connectivity index (χ2v) is 6.81. The molecule has 0 saturated heterocycles. The van der Waals surface area contributed by atoms with Gasteiger partial charge in [-0.05, 0) is 36.5 Å². The topological polar surface area (TPSA) is 73.2 Å². The van der Waals surface area contributed by atoms with Crippen molar-refractivity contribution in [3.8, 4) is 0 Å².